The Morgan fingerprint density at radius 1 is 1.09 bits per heavy atom. The minimum absolute atomic E-state index is 0.00789. The molecular weight excluding hydrogens is 474 g/mol. The predicted octanol–water partition coefficient (Wildman–Crippen LogP) is 3.94. The van der Waals surface area contributed by atoms with Gasteiger partial charge in [-0.2, -0.15) is 0 Å². The number of aromatic amines is 2. The predicted molar refractivity (Wildman–Crippen MR) is 137 cm³/mol. The van der Waals surface area contributed by atoms with Crippen LogP contribution in [-0.4, -0.2) is 58.6 Å². The van der Waals surface area contributed by atoms with Crippen molar-refractivity contribution in [1.29, 1.82) is 0 Å². The number of ether oxygens (including phenoxy) is 1. The number of amides is 1. The molecule has 0 spiro atoms. The number of carbonyl (C=O) groups is 1. The lowest BCUT2D eigenvalue weighted by Gasteiger charge is -2.36. The van der Waals surface area contributed by atoms with Crippen molar-refractivity contribution >= 4 is 57.3 Å². The molecule has 2 N–H and O–H groups in total. The molecule has 34 heavy (non-hydrogen) atoms. The zero-order valence-electron chi connectivity index (χ0n) is 18.6. The Morgan fingerprint density at radius 3 is 2.62 bits per heavy atom. The molecule has 5 rings (SSSR count). The van der Waals surface area contributed by atoms with Gasteiger partial charge in [-0.15, -0.1) is 0 Å². The summed E-state index contributed by atoms with van der Waals surface area (Å²) in [5.41, 5.74) is 2.70. The number of aromatic nitrogens is 3. The van der Waals surface area contributed by atoms with Gasteiger partial charge in [0.15, 0.2) is 4.77 Å². The second kappa shape index (κ2) is 9.15. The molecule has 2 aromatic carbocycles. The van der Waals surface area contributed by atoms with E-state index in [1.807, 2.05) is 47.4 Å². The Bertz CT molecular complexity index is 1500. The van der Waals surface area contributed by atoms with E-state index >= 15 is 0 Å². The summed E-state index contributed by atoms with van der Waals surface area (Å²) >= 11 is 11.6. The summed E-state index contributed by atoms with van der Waals surface area (Å²) in [6.07, 6.45) is 0.202. The van der Waals surface area contributed by atoms with E-state index in [4.69, 9.17) is 28.6 Å². The molecule has 1 aliphatic heterocycles. The third-order valence-corrected chi connectivity index (χ3v) is 6.85. The Hall–Kier alpha value is -3.30. The van der Waals surface area contributed by atoms with E-state index in [0.717, 1.165) is 29.7 Å². The minimum Gasteiger partial charge on any atom is -0.497 e. The summed E-state index contributed by atoms with van der Waals surface area (Å²) in [7, 11) is 1.60. The van der Waals surface area contributed by atoms with Crippen molar-refractivity contribution in [2.75, 3.05) is 38.2 Å². The van der Waals surface area contributed by atoms with E-state index in [2.05, 4.69) is 14.9 Å². The lowest BCUT2D eigenvalue weighted by molar-refractivity contribution is -0.131. The number of methoxy groups -OCH3 is 1. The number of hydrogen-bond donors (Lipinski definition) is 2. The molecule has 1 fully saturated rings. The molecule has 8 nitrogen and oxygen atoms in total. The number of nitrogens with zero attached hydrogens (tertiary/aromatic N) is 3. The van der Waals surface area contributed by atoms with Crippen LogP contribution in [-0.2, 0) is 11.3 Å². The summed E-state index contributed by atoms with van der Waals surface area (Å²) < 4.78 is 7.04. The Labute approximate surface area is 205 Å². The average molecular weight is 498 g/mol. The molecule has 10 heteroatoms. The van der Waals surface area contributed by atoms with Crippen LogP contribution in [0.5, 0.6) is 5.75 Å². The first kappa shape index (κ1) is 22.5. The number of nitrogens with one attached hydrogen (secondary N) is 2. The molecule has 1 aliphatic rings. The molecule has 0 atom stereocenters. The fourth-order valence-corrected chi connectivity index (χ4v) is 4.91. The molecule has 0 aliphatic carbocycles. The van der Waals surface area contributed by atoms with Gasteiger partial charge >= 0.3 is 0 Å². The molecule has 2 aromatic heterocycles. The van der Waals surface area contributed by atoms with Crippen LogP contribution in [0.15, 0.2) is 47.3 Å². The number of benzene rings is 2. The van der Waals surface area contributed by atoms with Gasteiger partial charge in [0.05, 0.1) is 12.6 Å². The van der Waals surface area contributed by atoms with Crippen molar-refractivity contribution in [1.82, 2.24) is 19.4 Å². The van der Waals surface area contributed by atoms with Crippen LogP contribution in [0.3, 0.4) is 0 Å². The normalized spacial score (nSPS) is 14.2. The highest BCUT2D eigenvalue weighted by atomic mass is 35.5. The van der Waals surface area contributed by atoms with Crippen molar-refractivity contribution in [3.05, 3.63) is 62.6 Å². The summed E-state index contributed by atoms with van der Waals surface area (Å²) in [5.74, 6) is 0.700. The van der Waals surface area contributed by atoms with Gasteiger partial charge in [-0.1, -0.05) is 17.7 Å². The van der Waals surface area contributed by atoms with Gasteiger partial charge in [0.25, 0.3) is 5.56 Å². The van der Waals surface area contributed by atoms with Crippen LogP contribution >= 0.6 is 23.8 Å². The maximum atomic E-state index is 13.2. The number of H-pyrrole nitrogens is 2. The number of carbonyl (C=O) groups excluding carboxylic acids is 1. The average Bonchev–Trinajstić information content (AvgIpc) is 3.21. The van der Waals surface area contributed by atoms with Gasteiger partial charge in [0.1, 0.15) is 11.3 Å². The smallest absolute Gasteiger partial charge is 0.278 e. The largest absolute Gasteiger partial charge is 0.497 e. The second-order valence-electron chi connectivity index (χ2n) is 8.27. The first-order valence-electron chi connectivity index (χ1n) is 11.1. The number of rotatable bonds is 5. The monoisotopic (exact) mass is 497 g/mol. The Morgan fingerprint density at radius 2 is 1.88 bits per heavy atom. The quantitative estimate of drug-likeness (QED) is 0.408. The number of anilines is 1. The summed E-state index contributed by atoms with van der Waals surface area (Å²) in [4.78, 5) is 36.4. The van der Waals surface area contributed by atoms with Gasteiger partial charge < -0.3 is 24.5 Å². The van der Waals surface area contributed by atoms with Crippen LogP contribution in [0, 0.1) is 4.77 Å². The van der Waals surface area contributed by atoms with Crippen LogP contribution in [0.25, 0.3) is 21.9 Å². The molecule has 0 saturated carbocycles. The number of fused-ring (bicyclic) bond motifs is 3. The van der Waals surface area contributed by atoms with Crippen LogP contribution in [0.2, 0.25) is 5.02 Å². The van der Waals surface area contributed by atoms with E-state index in [-0.39, 0.29) is 24.4 Å². The van der Waals surface area contributed by atoms with E-state index in [9.17, 15) is 9.59 Å². The van der Waals surface area contributed by atoms with Crippen LogP contribution < -0.4 is 15.2 Å². The zero-order chi connectivity index (χ0) is 23.8. The Kier molecular flexibility index (Phi) is 6.05. The molecule has 4 aromatic rings. The SMILES string of the molecule is COc1ccc2[nH]c3c(=O)n(CCC(=O)N4CCN(c5cccc(Cl)c5)CC4)c(=S)[nH]c3c2c1. The third kappa shape index (κ3) is 4.17. The first-order chi connectivity index (χ1) is 16.4. The Balaban J connectivity index is 1.29. The lowest BCUT2D eigenvalue weighted by atomic mass is 10.2. The topological polar surface area (TPSA) is 86.4 Å². The van der Waals surface area contributed by atoms with Crippen molar-refractivity contribution in [2.24, 2.45) is 0 Å². The highest BCUT2D eigenvalue weighted by Gasteiger charge is 2.22. The van der Waals surface area contributed by atoms with E-state index in [0.29, 0.717) is 39.7 Å². The molecular formula is C24H24ClN5O3S. The molecule has 3 heterocycles. The van der Waals surface area contributed by atoms with E-state index < -0.39 is 0 Å². The van der Waals surface area contributed by atoms with Gasteiger partial charge in [-0.3, -0.25) is 14.2 Å². The highest BCUT2D eigenvalue weighted by Crippen LogP contribution is 2.26. The number of halogens is 1. The van der Waals surface area contributed by atoms with E-state index in [1.165, 1.54) is 4.57 Å². The molecule has 0 radical (unpaired) electrons. The first-order valence-corrected chi connectivity index (χ1v) is 11.8. The maximum Gasteiger partial charge on any atom is 0.278 e. The standard InChI is InChI=1S/C24H24ClN5O3S/c1-33-17-5-6-19-18(14-17)21-22(26-19)23(32)30(24(34)27-21)8-7-20(31)29-11-9-28(10-12-29)16-4-2-3-15(25)13-16/h2-6,13-14,26H,7-12H2,1H3,(H,27,34). The molecule has 1 saturated heterocycles. The fraction of sp³-hybridized carbons (Fsp3) is 0.292. The van der Waals surface area contributed by atoms with Crippen molar-refractivity contribution in [3.8, 4) is 5.75 Å². The molecule has 0 bridgehead atoms. The molecule has 0 unspecified atom stereocenters. The lowest BCUT2D eigenvalue weighted by Crippen LogP contribution is -2.49. The third-order valence-electron chi connectivity index (χ3n) is 6.30. The summed E-state index contributed by atoms with van der Waals surface area (Å²) in [6, 6.07) is 13.3. The van der Waals surface area contributed by atoms with Gasteiger partial charge in [0.2, 0.25) is 5.91 Å². The van der Waals surface area contributed by atoms with Crippen molar-refractivity contribution in [2.45, 2.75) is 13.0 Å². The molecule has 1 amide bonds. The highest BCUT2D eigenvalue weighted by molar-refractivity contribution is 7.71. The van der Waals surface area contributed by atoms with Crippen molar-refractivity contribution < 1.29 is 9.53 Å². The minimum atomic E-state index is -0.243. The van der Waals surface area contributed by atoms with Gasteiger partial charge in [-0.25, -0.2) is 0 Å². The van der Waals surface area contributed by atoms with Crippen LogP contribution in [0.4, 0.5) is 5.69 Å². The molecule has 176 valence electrons. The van der Waals surface area contributed by atoms with Gasteiger partial charge in [0, 0.05) is 60.8 Å². The van der Waals surface area contributed by atoms with E-state index in [1.54, 1.807) is 7.11 Å². The van der Waals surface area contributed by atoms with Crippen LogP contribution in [0.1, 0.15) is 6.42 Å². The maximum absolute atomic E-state index is 13.2. The van der Waals surface area contributed by atoms with Crippen molar-refractivity contribution in [3.63, 3.8) is 0 Å². The number of hydrogen-bond acceptors (Lipinski definition) is 5. The summed E-state index contributed by atoms with van der Waals surface area (Å²) in [6.45, 7) is 2.93. The fourth-order valence-electron chi connectivity index (χ4n) is 4.45. The zero-order valence-corrected chi connectivity index (χ0v) is 20.2. The van der Waals surface area contributed by atoms with Gasteiger partial charge in [-0.05, 0) is 48.6 Å². The second-order valence-corrected chi connectivity index (χ2v) is 9.09. The summed E-state index contributed by atoms with van der Waals surface area (Å²) in [5, 5.41) is 1.53. The number of piperazine rings is 1.